The third-order valence-corrected chi connectivity index (χ3v) is 3.81. The predicted molar refractivity (Wildman–Crippen MR) is 92.6 cm³/mol. The molecule has 0 amide bonds. The molecule has 4 heteroatoms. The summed E-state index contributed by atoms with van der Waals surface area (Å²) < 4.78 is 1.65. The average Bonchev–Trinajstić information content (AvgIpc) is 2.90. The third kappa shape index (κ3) is 4.55. The van der Waals surface area contributed by atoms with Crippen molar-refractivity contribution >= 4 is 28.9 Å². The van der Waals surface area contributed by atoms with E-state index in [1.165, 1.54) is 0 Å². The van der Waals surface area contributed by atoms with Crippen LogP contribution >= 0.6 is 0 Å². The largest absolute Gasteiger partial charge is 0.481 e. The number of carboxylic acid groups (broad SMARTS) is 1. The molecule has 2 aromatic rings. The van der Waals surface area contributed by atoms with E-state index in [1.807, 2.05) is 30.5 Å². The second-order valence-corrected chi connectivity index (χ2v) is 5.66. The number of allylic oxidation sites excluding steroid dienone is 1. The van der Waals surface area contributed by atoms with Crippen LogP contribution in [-0.4, -0.2) is 21.6 Å². The smallest absolute Gasteiger partial charge is 0.303 e. The highest BCUT2D eigenvalue weighted by Gasteiger charge is 2.12. The molecule has 0 saturated carbocycles. The van der Waals surface area contributed by atoms with Crippen LogP contribution in [0, 0.1) is 0 Å². The SMILES string of the molecule is CCCC/C=C/c1cn(C(=O)CCCC(=O)O)c2ccccc12. The van der Waals surface area contributed by atoms with Crippen LogP contribution < -0.4 is 0 Å². The van der Waals surface area contributed by atoms with E-state index in [1.54, 1.807) is 4.57 Å². The maximum atomic E-state index is 12.4. The summed E-state index contributed by atoms with van der Waals surface area (Å²) in [6.45, 7) is 2.16. The Morgan fingerprint density at radius 2 is 1.96 bits per heavy atom. The van der Waals surface area contributed by atoms with Crippen molar-refractivity contribution < 1.29 is 14.7 Å². The molecule has 0 aliphatic heterocycles. The van der Waals surface area contributed by atoms with Gasteiger partial charge in [0.25, 0.3) is 0 Å². The Bertz CT molecular complexity index is 712. The molecule has 4 nitrogen and oxygen atoms in total. The number of aromatic nitrogens is 1. The summed E-state index contributed by atoms with van der Waals surface area (Å²) in [6, 6.07) is 7.81. The zero-order valence-corrected chi connectivity index (χ0v) is 13.5. The lowest BCUT2D eigenvalue weighted by Gasteiger charge is -2.02. The Kier molecular flexibility index (Phi) is 6.15. The Balaban J connectivity index is 2.21. The van der Waals surface area contributed by atoms with E-state index in [4.69, 9.17) is 5.11 Å². The predicted octanol–water partition coefficient (Wildman–Crippen LogP) is 4.74. The Hall–Kier alpha value is -2.36. The molecule has 1 aromatic carbocycles. The molecule has 1 heterocycles. The van der Waals surface area contributed by atoms with E-state index < -0.39 is 5.97 Å². The summed E-state index contributed by atoms with van der Waals surface area (Å²) in [6.07, 6.45) is 10.0. The van der Waals surface area contributed by atoms with Crippen LogP contribution in [0.25, 0.3) is 17.0 Å². The molecule has 0 aliphatic carbocycles. The van der Waals surface area contributed by atoms with Crippen molar-refractivity contribution in [1.82, 2.24) is 4.57 Å². The van der Waals surface area contributed by atoms with Gasteiger partial charge in [-0.05, 0) is 18.9 Å². The summed E-state index contributed by atoms with van der Waals surface area (Å²) >= 11 is 0. The molecule has 1 N–H and O–H groups in total. The van der Waals surface area contributed by atoms with Gasteiger partial charge >= 0.3 is 5.97 Å². The summed E-state index contributed by atoms with van der Waals surface area (Å²) in [7, 11) is 0. The van der Waals surface area contributed by atoms with Crippen molar-refractivity contribution in [3.63, 3.8) is 0 Å². The molecule has 0 atom stereocenters. The number of rotatable bonds is 8. The highest BCUT2D eigenvalue weighted by atomic mass is 16.4. The van der Waals surface area contributed by atoms with Crippen LogP contribution in [0.4, 0.5) is 0 Å². The number of hydrogen-bond acceptors (Lipinski definition) is 2. The van der Waals surface area contributed by atoms with Crippen molar-refractivity contribution in [3.05, 3.63) is 42.1 Å². The van der Waals surface area contributed by atoms with Crippen molar-refractivity contribution in [1.29, 1.82) is 0 Å². The molecule has 0 fully saturated rings. The maximum Gasteiger partial charge on any atom is 0.303 e. The van der Waals surface area contributed by atoms with Gasteiger partial charge < -0.3 is 5.11 Å². The van der Waals surface area contributed by atoms with Crippen LogP contribution in [0.3, 0.4) is 0 Å². The molecular formula is C19H23NO3. The van der Waals surface area contributed by atoms with Crippen molar-refractivity contribution in [2.45, 2.75) is 45.4 Å². The van der Waals surface area contributed by atoms with E-state index >= 15 is 0 Å². The van der Waals surface area contributed by atoms with Gasteiger partial charge in [0, 0.05) is 30.0 Å². The minimum atomic E-state index is -0.866. The van der Waals surface area contributed by atoms with Crippen molar-refractivity contribution in [2.24, 2.45) is 0 Å². The van der Waals surface area contributed by atoms with Crippen LogP contribution in [-0.2, 0) is 4.79 Å². The van der Waals surface area contributed by atoms with Crippen LogP contribution in [0.5, 0.6) is 0 Å². The van der Waals surface area contributed by atoms with E-state index in [2.05, 4.69) is 19.1 Å². The monoisotopic (exact) mass is 313 g/mol. The zero-order valence-electron chi connectivity index (χ0n) is 13.5. The molecule has 0 saturated heterocycles. The number of fused-ring (bicyclic) bond motifs is 1. The van der Waals surface area contributed by atoms with Crippen LogP contribution in [0.2, 0.25) is 0 Å². The highest BCUT2D eigenvalue weighted by Crippen LogP contribution is 2.23. The molecule has 1 aromatic heterocycles. The van der Waals surface area contributed by atoms with Gasteiger partial charge in [0.05, 0.1) is 5.52 Å². The standard InChI is InChI=1S/C19H23NO3/c1-2-3-4-5-9-15-14-20(17-11-7-6-10-16(15)17)18(21)12-8-13-19(22)23/h5-7,9-11,14H,2-4,8,12-13H2,1H3,(H,22,23)/b9-5+. The topological polar surface area (TPSA) is 59.3 Å². The lowest BCUT2D eigenvalue weighted by Crippen LogP contribution is -2.09. The van der Waals surface area contributed by atoms with Gasteiger partial charge in [-0.25, -0.2) is 0 Å². The molecule has 0 bridgehead atoms. The summed E-state index contributed by atoms with van der Waals surface area (Å²) in [5, 5.41) is 9.73. The van der Waals surface area contributed by atoms with E-state index in [9.17, 15) is 9.59 Å². The number of benzene rings is 1. The molecule has 0 spiro atoms. The lowest BCUT2D eigenvalue weighted by molar-refractivity contribution is -0.137. The molecule has 2 rings (SSSR count). The van der Waals surface area contributed by atoms with Crippen LogP contribution in [0.1, 0.15) is 55.8 Å². The summed E-state index contributed by atoms with van der Waals surface area (Å²) in [4.78, 5) is 23.0. The fourth-order valence-electron chi connectivity index (χ4n) is 2.59. The molecule has 0 radical (unpaired) electrons. The number of carbonyl (C=O) groups excluding carboxylic acids is 1. The first kappa shape index (κ1) is 17.0. The van der Waals surface area contributed by atoms with Crippen molar-refractivity contribution in [3.8, 4) is 0 Å². The number of hydrogen-bond donors (Lipinski definition) is 1. The van der Waals surface area contributed by atoms with Gasteiger partial charge in [-0.2, -0.15) is 0 Å². The molecule has 0 unspecified atom stereocenters. The number of nitrogens with zero attached hydrogens (tertiary/aromatic N) is 1. The van der Waals surface area contributed by atoms with Gasteiger partial charge in [-0.3, -0.25) is 14.2 Å². The summed E-state index contributed by atoms with van der Waals surface area (Å²) in [5.74, 6) is -0.926. The minimum Gasteiger partial charge on any atom is -0.481 e. The lowest BCUT2D eigenvalue weighted by atomic mass is 10.1. The molecule has 23 heavy (non-hydrogen) atoms. The number of unbranched alkanes of at least 4 members (excludes halogenated alkanes) is 2. The first-order valence-electron chi connectivity index (χ1n) is 8.15. The number of carboxylic acids is 1. The van der Waals surface area contributed by atoms with Crippen molar-refractivity contribution in [2.75, 3.05) is 0 Å². The molecular weight excluding hydrogens is 290 g/mol. The Morgan fingerprint density at radius 3 is 2.70 bits per heavy atom. The van der Waals surface area contributed by atoms with E-state index in [-0.39, 0.29) is 18.7 Å². The van der Waals surface area contributed by atoms with Gasteiger partial charge in [-0.1, -0.05) is 50.1 Å². The average molecular weight is 313 g/mol. The first-order chi connectivity index (χ1) is 11.1. The van der Waals surface area contributed by atoms with Gasteiger partial charge in [0.2, 0.25) is 5.91 Å². The van der Waals surface area contributed by atoms with E-state index in [0.717, 1.165) is 35.7 Å². The second kappa shape index (κ2) is 8.32. The Morgan fingerprint density at radius 1 is 1.17 bits per heavy atom. The van der Waals surface area contributed by atoms with Gasteiger partial charge in [0.15, 0.2) is 0 Å². The van der Waals surface area contributed by atoms with Gasteiger partial charge in [-0.15, -0.1) is 0 Å². The van der Waals surface area contributed by atoms with Crippen LogP contribution in [0.15, 0.2) is 36.5 Å². The summed E-state index contributed by atoms with van der Waals surface area (Å²) in [5.41, 5.74) is 1.91. The molecule has 0 aliphatic rings. The second-order valence-electron chi connectivity index (χ2n) is 5.66. The maximum absolute atomic E-state index is 12.4. The highest BCUT2D eigenvalue weighted by molar-refractivity contribution is 5.97. The fraction of sp³-hybridized carbons (Fsp3) is 0.368. The van der Waals surface area contributed by atoms with Gasteiger partial charge in [0.1, 0.15) is 0 Å². The quantitative estimate of drug-likeness (QED) is 0.716. The minimum absolute atomic E-state index is 0.0225. The number of carbonyl (C=O) groups is 2. The number of para-hydroxylation sites is 1. The van der Waals surface area contributed by atoms with E-state index in [0.29, 0.717) is 6.42 Å². The normalized spacial score (nSPS) is 11.3. The Labute approximate surface area is 136 Å². The third-order valence-electron chi connectivity index (χ3n) is 3.81. The first-order valence-corrected chi connectivity index (χ1v) is 8.15. The fourth-order valence-corrected chi connectivity index (χ4v) is 2.59. The zero-order chi connectivity index (χ0) is 16.7. The number of aliphatic carboxylic acids is 1. The molecule has 122 valence electrons.